The fraction of sp³-hybridized carbons (Fsp3) is 0.278. The minimum Gasteiger partial charge on any atom is -0.348 e. The maximum absolute atomic E-state index is 12.1. The van der Waals surface area contributed by atoms with Crippen molar-refractivity contribution < 1.29 is 13.2 Å². The first-order valence-corrected chi connectivity index (χ1v) is 9.43. The molecule has 0 aliphatic heterocycles. The lowest BCUT2D eigenvalue weighted by molar-refractivity contribution is 0.0951. The van der Waals surface area contributed by atoms with Crippen molar-refractivity contribution in [2.75, 3.05) is 0 Å². The SMILES string of the molecule is CCCCc1ccc(C(=O)NCc2ccc(S(N)(=O)=O)cc2)cc1. The second-order valence-electron chi connectivity index (χ2n) is 5.67. The highest BCUT2D eigenvalue weighted by molar-refractivity contribution is 7.89. The van der Waals surface area contributed by atoms with Gasteiger partial charge in [-0.15, -0.1) is 0 Å². The Labute approximate surface area is 142 Å². The number of hydrogen-bond acceptors (Lipinski definition) is 3. The number of carbonyl (C=O) groups excluding carboxylic acids is 1. The molecule has 2 aromatic rings. The van der Waals surface area contributed by atoms with E-state index in [2.05, 4.69) is 12.2 Å². The zero-order chi connectivity index (χ0) is 17.6. The van der Waals surface area contributed by atoms with Crippen LogP contribution in [-0.4, -0.2) is 14.3 Å². The number of amides is 1. The molecule has 0 aliphatic rings. The predicted molar refractivity (Wildman–Crippen MR) is 94.0 cm³/mol. The van der Waals surface area contributed by atoms with Crippen LogP contribution in [0.4, 0.5) is 0 Å². The van der Waals surface area contributed by atoms with Gasteiger partial charge in [-0.1, -0.05) is 37.6 Å². The van der Waals surface area contributed by atoms with Crippen LogP contribution in [0.5, 0.6) is 0 Å². The molecule has 0 atom stereocenters. The van der Waals surface area contributed by atoms with Crippen molar-refractivity contribution in [1.82, 2.24) is 5.32 Å². The van der Waals surface area contributed by atoms with Crippen molar-refractivity contribution in [2.24, 2.45) is 5.14 Å². The first-order valence-electron chi connectivity index (χ1n) is 7.89. The van der Waals surface area contributed by atoms with E-state index in [0.717, 1.165) is 24.8 Å². The summed E-state index contributed by atoms with van der Waals surface area (Å²) in [6.45, 7) is 2.47. The van der Waals surface area contributed by atoms with Gasteiger partial charge in [0.1, 0.15) is 0 Å². The van der Waals surface area contributed by atoms with Crippen molar-refractivity contribution in [2.45, 2.75) is 37.6 Å². The molecule has 2 aromatic carbocycles. The van der Waals surface area contributed by atoms with E-state index in [1.54, 1.807) is 12.1 Å². The standard InChI is InChI=1S/C18H22N2O3S/c1-2-3-4-14-5-9-16(10-6-14)18(21)20-13-15-7-11-17(12-8-15)24(19,22)23/h5-12H,2-4,13H2,1H3,(H,20,21)(H2,19,22,23). The summed E-state index contributed by atoms with van der Waals surface area (Å²) in [7, 11) is -3.69. The summed E-state index contributed by atoms with van der Waals surface area (Å²) in [5.41, 5.74) is 2.64. The lowest BCUT2D eigenvalue weighted by Crippen LogP contribution is -2.22. The van der Waals surface area contributed by atoms with Crippen LogP contribution < -0.4 is 10.5 Å². The first-order chi connectivity index (χ1) is 11.4. The van der Waals surface area contributed by atoms with Gasteiger partial charge in [0.25, 0.3) is 5.91 Å². The number of aryl methyl sites for hydroxylation is 1. The Hall–Kier alpha value is -2.18. The molecule has 0 bridgehead atoms. The summed E-state index contributed by atoms with van der Waals surface area (Å²) in [6.07, 6.45) is 3.31. The zero-order valence-electron chi connectivity index (χ0n) is 13.7. The van der Waals surface area contributed by atoms with Gasteiger partial charge < -0.3 is 5.32 Å². The van der Waals surface area contributed by atoms with Crippen LogP contribution in [0.1, 0.15) is 41.3 Å². The smallest absolute Gasteiger partial charge is 0.251 e. The molecule has 128 valence electrons. The number of sulfonamides is 1. The van der Waals surface area contributed by atoms with E-state index in [4.69, 9.17) is 5.14 Å². The Kier molecular flexibility index (Phi) is 6.11. The van der Waals surface area contributed by atoms with Crippen LogP contribution in [0.25, 0.3) is 0 Å². The molecule has 1 amide bonds. The molecule has 0 spiro atoms. The van der Waals surface area contributed by atoms with Gasteiger partial charge in [0.2, 0.25) is 10.0 Å². The monoisotopic (exact) mass is 346 g/mol. The highest BCUT2D eigenvalue weighted by Crippen LogP contribution is 2.10. The number of hydrogen-bond donors (Lipinski definition) is 2. The van der Waals surface area contributed by atoms with Crippen LogP contribution in [0, 0.1) is 0 Å². The number of carbonyl (C=O) groups is 1. The molecule has 0 fully saturated rings. The van der Waals surface area contributed by atoms with E-state index < -0.39 is 10.0 Å². The largest absolute Gasteiger partial charge is 0.348 e. The number of benzene rings is 2. The van der Waals surface area contributed by atoms with Crippen molar-refractivity contribution in [3.05, 3.63) is 65.2 Å². The lowest BCUT2D eigenvalue weighted by Gasteiger charge is -2.07. The normalized spacial score (nSPS) is 11.2. The third-order valence-electron chi connectivity index (χ3n) is 3.74. The van der Waals surface area contributed by atoms with Crippen LogP contribution in [-0.2, 0) is 23.0 Å². The highest BCUT2D eigenvalue weighted by atomic mass is 32.2. The molecule has 3 N–H and O–H groups in total. The van der Waals surface area contributed by atoms with Crippen LogP contribution >= 0.6 is 0 Å². The number of nitrogens with two attached hydrogens (primary N) is 1. The van der Waals surface area contributed by atoms with E-state index in [1.807, 2.05) is 24.3 Å². The van der Waals surface area contributed by atoms with Crippen LogP contribution in [0.3, 0.4) is 0 Å². The van der Waals surface area contributed by atoms with Crippen LogP contribution in [0.15, 0.2) is 53.4 Å². The maximum atomic E-state index is 12.1. The number of rotatable bonds is 7. The second-order valence-corrected chi connectivity index (χ2v) is 7.23. The lowest BCUT2D eigenvalue weighted by atomic mass is 10.1. The zero-order valence-corrected chi connectivity index (χ0v) is 14.5. The molecule has 0 unspecified atom stereocenters. The number of nitrogens with one attached hydrogen (secondary N) is 1. The minimum absolute atomic E-state index is 0.0558. The molecule has 0 saturated heterocycles. The van der Waals surface area contributed by atoms with Crippen molar-refractivity contribution >= 4 is 15.9 Å². The molecule has 0 radical (unpaired) electrons. The van der Waals surface area contributed by atoms with Crippen LogP contribution in [0.2, 0.25) is 0 Å². The predicted octanol–water partition coefficient (Wildman–Crippen LogP) is 2.61. The fourth-order valence-corrected chi connectivity index (χ4v) is 2.80. The molecule has 0 saturated carbocycles. The molecule has 0 aromatic heterocycles. The summed E-state index contributed by atoms with van der Waals surface area (Å²) >= 11 is 0. The maximum Gasteiger partial charge on any atom is 0.251 e. The van der Waals surface area contributed by atoms with Gasteiger partial charge >= 0.3 is 0 Å². The summed E-state index contributed by atoms with van der Waals surface area (Å²) < 4.78 is 22.4. The second kappa shape index (κ2) is 8.08. The van der Waals surface area contributed by atoms with Gasteiger partial charge in [-0.3, -0.25) is 4.79 Å². The Morgan fingerprint density at radius 1 is 1.00 bits per heavy atom. The summed E-state index contributed by atoms with van der Waals surface area (Å²) in [5.74, 6) is -0.160. The van der Waals surface area contributed by atoms with Crippen molar-refractivity contribution in [3.63, 3.8) is 0 Å². The fourth-order valence-electron chi connectivity index (χ4n) is 2.29. The van der Waals surface area contributed by atoms with Gasteiger partial charge in [-0.25, -0.2) is 13.6 Å². The Bertz CT molecular complexity index is 782. The summed E-state index contributed by atoms with van der Waals surface area (Å²) in [4.78, 5) is 12.2. The van der Waals surface area contributed by atoms with Gasteiger partial charge in [0, 0.05) is 12.1 Å². The van der Waals surface area contributed by atoms with E-state index in [9.17, 15) is 13.2 Å². The third-order valence-corrected chi connectivity index (χ3v) is 4.67. The minimum atomic E-state index is -3.69. The Balaban J connectivity index is 1.93. The van der Waals surface area contributed by atoms with Gasteiger partial charge in [-0.2, -0.15) is 0 Å². The van der Waals surface area contributed by atoms with Crippen molar-refractivity contribution in [3.8, 4) is 0 Å². The Morgan fingerprint density at radius 3 is 2.12 bits per heavy atom. The van der Waals surface area contributed by atoms with E-state index in [1.165, 1.54) is 17.7 Å². The summed E-state index contributed by atoms with van der Waals surface area (Å²) in [5, 5.41) is 7.87. The van der Waals surface area contributed by atoms with Gasteiger partial charge in [0.05, 0.1) is 4.90 Å². The van der Waals surface area contributed by atoms with Crippen molar-refractivity contribution in [1.29, 1.82) is 0 Å². The molecule has 0 aliphatic carbocycles. The average molecular weight is 346 g/mol. The van der Waals surface area contributed by atoms with E-state index in [-0.39, 0.29) is 10.8 Å². The van der Waals surface area contributed by atoms with Gasteiger partial charge in [-0.05, 0) is 48.2 Å². The molecule has 6 heteroatoms. The topological polar surface area (TPSA) is 89.3 Å². The highest BCUT2D eigenvalue weighted by Gasteiger charge is 2.08. The van der Waals surface area contributed by atoms with E-state index >= 15 is 0 Å². The molecule has 2 rings (SSSR count). The quantitative estimate of drug-likeness (QED) is 0.807. The number of primary sulfonamides is 1. The third kappa shape index (κ3) is 5.18. The first kappa shape index (κ1) is 18.2. The molecule has 0 heterocycles. The Morgan fingerprint density at radius 2 is 1.58 bits per heavy atom. The summed E-state index contributed by atoms with van der Waals surface area (Å²) in [6, 6.07) is 13.7. The molecule has 24 heavy (non-hydrogen) atoms. The van der Waals surface area contributed by atoms with Gasteiger partial charge in [0.15, 0.2) is 0 Å². The average Bonchev–Trinajstić information content (AvgIpc) is 2.58. The molecular formula is C18H22N2O3S. The molecule has 5 nitrogen and oxygen atoms in total. The molecular weight excluding hydrogens is 324 g/mol. The number of unbranched alkanes of at least 4 members (excludes halogenated alkanes) is 1. The van der Waals surface area contributed by atoms with E-state index in [0.29, 0.717) is 12.1 Å².